The summed E-state index contributed by atoms with van der Waals surface area (Å²) in [6, 6.07) is 7.29. The van der Waals surface area contributed by atoms with Crippen molar-refractivity contribution in [2.24, 2.45) is 0 Å². The van der Waals surface area contributed by atoms with Crippen LogP contribution in [-0.2, 0) is 20.8 Å². The molecule has 0 aliphatic carbocycles. The van der Waals surface area contributed by atoms with Gasteiger partial charge in [0.15, 0.2) is 5.56 Å². The minimum Gasteiger partial charge on any atom is -0.459 e. The summed E-state index contributed by atoms with van der Waals surface area (Å²) in [6.07, 6.45) is -0.625. The standard InChI is InChI=1S/C17H25ClN2O4/c1-12(18)23-16(22)19-14-9-7-6-8-13(14)10-20(5)11-15(21)24-17(2,3)4/h6-9,12H,10-11H2,1-5H3,(H,19,22). The van der Waals surface area contributed by atoms with Gasteiger partial charge in [0.2, 0.25) is 0 Å². The molecule has 0 aliphatic rings. The third-order valence-electron chi connectivity index (χ3n) is 2.78. The fourth-order valence-electron chi connectivity index (χ4n) is 2.01. The van der Waals surface area contributed by atoms with Crippen LogP contribution in [0, 0.1) is 0 Å². The van der Waals surface area contributed by atoms with Crippen molar-refractivity contribution >= 4 is 29.4 Å². The predicted octanol–water partition coefficient (Wildman–Crippen LogP) is 3.59. The molecule has 0 heterocycles. The van der Waals surface area contributed by atoms with E-state index >= 15 is 0 Å². The van der Waals surface area contributed by atoms with Crippen molar-refractivity contribution < 1.29 is 19.1 Å². The molecule has 6 nitrogen and oxygen atoms in total. The lowest BCUT2D eigenvalue weighted by Crippen LogP contribution is -2.32. The molecule has 0 fully saturated rings. The number of hydrogen-bond donors (Lipinski definition) is 1. The van der Waals surface area contributed by atoms with Crippen LogP contribution in [0.15, 0.2) is 24.3 Å². The van der Waals surface area contributed by atoms with Gasteiger partial charge in [0.1, 0.15) is 5.60 Å². The lowest BCUT2D eigenvalue weighted by Gasteiger charge is -2.23. The second-order valence-corrected chi connectivity index (χ2v) is 7.10. The third-order valence-corrected chi connectivity index (χ3v) is 2.87. The van der Waals surface area contributed by atoms with Gasteiger partial charge >= 0.3 is 12.1 Å². The zero-order valence-electron chi connectivity index (χ0n) is 14.8. The third kappa shape index (κ3) is 8.17. The molecule has 1 atom stereocenters. The number of para-hydroxylation sites is 1. The van der Waals surface area contributed by atoms with E-state index in [1.807, 2.05) is 37.8 Å². The maximum atomic E-state index is 11.9. The Labute approximate surface area is 148 Å². The Morgan fingerprint density at radius 3 is 2.50 bits per heavy atom. The summed E-state index contributed by atoms with van der Waals surface area (Å²) < 4.78 is 10.2. The largest absolute Gasteiger partial charge is 0.459 e. The van der Waals surface area contributed by atoms with Crippen LogP contribution in [0.2, 0.25) is 0 Å². The summed E-state index contributed by atoms with van der Waals surface area (Å²) >= 11 is 5.63. The number of carbonyl (C=O) groups is 2. The molecule has 0 bridgehead atoms. The first kappa shape index (κ1) is 20.3. The van der Waals surface area contributed by atoms with E-state index in [2.05, 4.69) is 5.32 Å². The number of anilines is 1. The maximum Gasteiger partial charge on any atom is 0.413 e. The molecule has 134 valence electrons. The highest BCUT2D eigenvalue weighted by atomic mass is 35.5. The topological polar surface area (TPSA) is 67.9 Å². The van der Waals surface area contributed by atoms with E-state index in [4.69, 9.17) is 21.1 Å². The van der Waals surface area contributed by atoms with E-state index in [0.717, 1.165) is 5.56 Å². The monoisotopic (exact) mass is 356 g/mol. The Morgan fingerprint density at radius 1 is 1.29 bits per heavy atom. The summed E-state index contributed by atoms with van der Waals surface area (Å²) in [5.74, 6) is -0.300. The highest BCUT2D eigenvalue weighted by Crippen LogP contribution is 2.18. The number of alkyl halides is 1. The van der Waals surface area contributed by atoms with Gasteiger partial charge in [-0.15, -0.1) is 0 Å². The van der Waals surface area contributed by atoms with Crippen molar-refractivity contribution in [2.75, 3.05) is 18.9 Å². The Kier molecular flexibility index (Phi) is 7.51. The molecular formula is C17H25ClN2O4. The number of hydrogen-bond acceptors (Lipinski definition) is 5. The van der Waals surface area contributed by atoms with Crippen LogP contribution in [0.3, 0.4) is 0 Å². The zero-order chi connectivity index (χ0) is 18.3. The highest BCUT2D eigenvalue weighted by molar-refractivity contribution is 6.20. The number of esters is 1. The van der Waals surface area contributed by atoms with Gasteiger partial charge < -0.3 is 9.47 Å². The molecule has 1 aromatic carbocycles. The first-order valence-corrected chi connectivity index (χ1v) is 8.10. The number of nitrogens with zero attached hydrogens (tertiary/aromatic N) is 1. The van der Waals surface area contributed by atoms with E-state index < -0.39 is 17.3 Å². The number of benzene rings is 1. The normalized spacial score (nSPS) is 12.6. The molecule has 1 amide bonds. The predicted molar refractivity (Wildman–Crippen MR) is 94.0 cm³/mol. The Bertz CT molecular complexity index is 570. The number of amides is 1. The molecule has 1 unspecified atom stereocenters. The quantitative estimate of drug-likeness (QED) is 0.623. The molecular weight excluding hydrogens is 332 g/mol. The number of halogens is 1. The van der Waals surface area contributed by atoms with Gasteiger partial charge in [-0.05, 0) is 46.4 Å². The molecule has 1 rings (SSSR count). The number of ether oxygens (including phenoxy) is 2. The van der Waals surface area contributed by atoms with Crippen LogP contribution < -0.4 is 5.32 Å². The van der Waals surface area contributed by atoms with Gasteiger partial charge in [0.05, 0.1) is 6.54 Å². The van der Waals surface area contributed by atoms with Crippen LogP contribution in [-0.4, -0.2) is 41.7 Å². The summed E-state index contributed by atoms with van der Waals surface area (Å²) in [7, 11) is 1.81. The number of carbonyl (C=O) groups excluding carboxylic acids is 2. The molecule has 1 aromatic rings. The fourth-order valence-corrected chi connectivity index (χ4v) is 2.09. The van der Waals surface area contributed by atoms with Gasteiger partial charge in [-0.25, -0.2) is 4.79 Å². The van der Waals surface area contributed by atoms with Gasteiger partial charge in [-0.3, -0.25) is 15.0 Å². The van der Waals surface area contributed by atoms with Crippen LogP contribution in [0.5, 0.6) is 0 Å². The van der Waals surface area contributed by atoms with Crippen molar-refractivity contribution in [3.8, 4) is 0 Å². The number of nitrogens with one attached hydrogen (secondary N) is 1. The molecule has 0 aromatic heterocycles. The molecule has 0 spiro atoms. The van der Waals surface area contributed by atoms with Crippen LogP contribution >= 0.6 is 11.6 Å². The molecule has 0 saturated heterocycles. The molecule has 0 radical (unpaired) electrons. The summed E-state index contributed by atoms with van der Waals surface area (Å²) in [4.78, 5) is 25.4. The second-order valence-electron chi connectivity index (χ2n) is 6.49. The lowest BCUT2D eigenvalue weighted by molar-refractivity contribution is -0.155. The first-order chi connectivity index (χ1) is 11.1. The summed E-state index contributed by atoms with van der Waals surface area (Å²) in [5, 5.41) is 2.65. The smallest absolute Gasteiger partial charge is 0.413 e. The van der Waals surface area contributed by atoms with Crippen molar-refractivity contribution in [1.82, 2.24) is 4.90 Å². The number of likely N-dealkylation sites (N-methyl/N-ethyl adjacent to an activating group) is 1. The fraction of sp³-hybridized carbons (Fsp3) is 0.529. The van der Waals surface area contributed by atoms with E-state index in [1.54, 1.807) is 26.1 Å². The van der Waals surface area contributed by atoms with E-state index in [1.165, 1.54) is 0 Å². The van der Waals surface area contributed by atoms with Crippen molar-refractivity contribution in [1.29, 1.82) is 0 Å². The van der Waals surface area contributed by atoms with E-state index in [-0.39, 0.29) is 12.5 Å². The maximum absolute atomic E-state index is 11.9. The summed E-state index contributed by atoms with van der Waals surface area (Å²) in [5.41, 5.74) is 0.227. The zero-order valence-corrected chi connectivity index (χ0v) is 15.5. The Balaban J connectivity index is 2.67. The lowest BCUT2D eigenvalue weighted by atomic mass is 10.1. The van der Waals surface area contributed by atoms with Gasteiger partial charge in [0.25, 0.3) is 0 Å². The van der Waals surface area contributed by atoms with Crippen LogP contribution in [0.4, 0.5) is 10.5 Å². The number of rotatable bonds is 6. The first-order valence-electron chi connectivity index (χ1n) is 7.67. The van der Waals surface area contributed by atoms with Crippen LogP contribution in [0.1, 0.15) is 33.3 Å². The minimum atomic E-state index is -0.716. The van der Waals surface area contributed by atoms with Crippen molar-refractivity contribution in [3.05, 3.63) is 29.8 Å². The summed E-state index contributed by atoms with van der Waals surface area (Å²) in [6.45, 7) is 7.65. The Hall–Kier alpha value is -1.79. The van der Waals surface area contributed by atoms with Gasteiger partial charge in [-0.2, -0.15) is 0 Å². The molecule has 7 heteroatoms. The van der Waals surface area contributed by atoms with E-state index in [0.29, 0.717) is 12.2 Å². The average molecular weight is 357 g/mol. The van der Waals surface area contributed by atoms with Crippen molar-refractivity contribution in [2.45, 2.75) is 45.4 Å². The SMILES string of the molecule is CC(Cl)OC(=O)Nc1ccccc1CN(C)CC(=O)OC(C)(C)C. The average Bonchev–Trinajstić information content (AvgIpc) is 2.37. The molecule has 24 heavy (non-hydrogen) atoms. The van der Waals surface area contributed by atoms with Crippen molar-refractivity contribution in [3.63, 3.8) is 0 Å². The molecule has 1 N–H and O–H groups in total. The van der Waals surface area contributed by atoms with Gasteiger partial charge in [-0.1, -0.05) is 29.8 Å². The van der Waals surface area contributed by atoms with E-state index in [9.17, 15) is 9.59 Å². The highest BCUT2D eigenvalue weighted by Gasteiger charge is 2.18. The minimum absolute atomic E-state index is 0.148. The Morgan fingerprint density at radius 2 is 1.92 bits per heavy atom. The molecule has 0 aliphatic heterocycles. The molecule has 0 saturated carbocycles. The van der Waals surface area contributed by atoms with Crippen LogP contribution in [0.25, 0.3) is 0 Å². The van der Waals surface area contributed by atoms with Gasteiger partial charge in [0, 0.05) is 12.2 Å². The second kappa shape index (κ2) is 8.89.